The van der Waals surface area contributed by atoms with E-state index in [-0.39, 0.29) is 16.6 Å². The molecule has 1 saturated carbocycles. The summed E-state index contributed by atoms with van der Waals surface area (Å²) in [6.07, 6.45) is 8.00. The van der Waals surface area contributed by atoms with Gasteiger partial charge in [0.15, 0.2) is 5.78 Å². The number of rotatable bonds is 7. The van der Waals surface area contributed by atoms with Crippen molar-refractivity contribution in [2.75, 3.05) is 0 Å². The van der Waals surface area contributed by atoms with Crippen LogP contribution in [0.25, 0.3) is 0 Å². The molecule has 0 radical (unpaired) electrons. The van der Waals surface area contributed by atoms with Gasteiger partial charge in [-0.15, -0.1) is 0 Å². The summed E-state index contributed by atoms with van der Waals surface area (Å²) in [5, 5.41) is 0. The number of ketones is 1. The van der Waals surface area contributed by atoms with E-state index in [1.54, 1.807) is 0 Å². The predicted octanol–water partition coefficient (Wildman–Crippen LogP) is 7.05. The van der Waals surface area contributed by atoms with Crippen LogP contribution < -0.4 is 0 Å². The van der Waals surface area contributed by atoms with Crippen molar-refractivity contribution in [3.63, 3.8) is 0 Å². The normalized spacial score (nSPS) is 15.9. The first-order valence-corrected chi connectivity index (χ1v) is 11.1. The molecule has 0 aliphatic heterocycles. The van der Waals surface area contributed by atoms with Crippen molar-refractivity contribution in [2.45, 2.75) is 90.9 Å². The molecule has 3 rings (SSSR count). The van der Waals surface area contributed by atoms with Crippen molar-refractivity contribution >= 4 is 5.78 Å². The van der Waals surface area contributed by atoms with Crippen LogP contribution in [0.2, 0.25) is 0 Å². The van der Waals surface area contributed by atoms with Gasteiger partial charge in [0.1, 0.15) is 0 Å². The SMILES string of the molecule is CC(C)(C)CCCc1ccc(C(=O)CC2(c3ccccn3)CC2)cc1C(C)(C)C. The van der Waals surface area contributed by atoms with E-state index in [4.69, 9.17) is 0 Å². The summed E-state index contributed by atoms with van der Waals surface area (Å²) in [6, 6.07) is 12.5. The second-order valence-electron chi connectivity index (χ2n) is 11.1. The lowest BCUT2D eigenvalue weighted by molar-refractivity contribution is 0.0969. The van der Waals surface area contributed by atoms with Crippen molar-refractivity contribution < 1.29 is 4.79 Å². The lowest BCUT2D eigenvalue weighted by atomic mass is 9.80. The zero-order valence-corrected chi connectivity index (χ0v) is 19.1. The second kappa shape index (κ2) is 8.05. The molecule has 1 aliphatic rings. The first-order valence-electron chi connectivity index (χ1n) is 11.1. The Kier molecular flexibility index (Phi) is 6.03. The number of Topliss-reactive ketones (excluding diaryl/α,β-unsaturated/α-hetero) is 1. The zero-order chi connectivity index (χ0) is 21.3. The van der Waals surface area contributed by atoms with E-state index in [0.717, 1.165) is 30.5 Å². The standard InChI is InChI=1S/C27H37NO/c1-25(2,3)14-9-10-20-12-13-21(18-22(20)26(4,5)6)23(29)19-27(15-16-27)24-11-7-8-17-28-24/h7-8,11-13,17-18H,9-10,14-16,19H2,1-6H3. The van der Waals surface area contributed by atoms with E-state index in [1.807, 2.05) is 18.3 Å². The quantitative estimate of drug-likeness (QED) is 0.473. The Balaban J connectivity index is 1.78. The average Bonchev–Trinajstić information content (AvgIpc) is 3.41. The van der Waals surface area contributed by atoms with Gasteiger partial charge in [-0.1, -0.05) is 59.7 Å². The fraction of sp³-hybridized carbons (Fsp3) is 0.556. The van der Waals surface area contributed by atoms with Gasteiger partial charge in [-0.3, -0.25) is 9.78 Å². The van der Waals surface area contributed by atoms with Gasteiger partial charge in [-0.25, -0.2) is 0 Å². The molecule has 0 atom stereocenters. The first kappa shape index (κ1) is 21.7. The maximum Gasteiger partial charge on any atom is 0.163 e. The lowest BCUT2D eigenvalue weighted by Gasteiger charge is -2.25. The number of pyridine rings is 1. The Morgan fingerprint density at radius 1 is 1.03 bits per heavy atom. The fourth-order valence-electron chi connectivity index (χ4n) is 4.24. The van der Waals surface area contributed by atoms with Crippen LogP contribution >= 0.6 is 0 Å². The Bertz CT molecular complexity index is 848. The molecule has 1 aromatic carbocycles. The highest BCUT2D eigenvalue weighted by Gasteiger charge is 2.47. The minimum Gasteiger partial charge on any atom is -0.294 e. The fourth-order valence-corrected chi connectivity index (χ4v) is 4.24. The molecule has 0 amide bonds. The van der Waals surface area contributed by atoms with Crippen LogP contribution in [-0.2, 0) is 17.3 Å². The number of carbonyl (C=O) groups excluding carboxylic acids is 1. The Labute approximate surface area is 177 Å². The number of benzene rings is 1. The number of nitrogens with zero attached hydrogens (tertiary/aromatic N) is 1. The molecule has 1 heterocycles. The van der Waals surface area contributed by atoms with Gasteiger partial charge in [0, 0.05) is 29.3 Å². The second-order valence-corrected chi connectivity index (χ2v) is 11.1. The van der Waals surface area contributed by atoms with Gasteiger partial charge in [0.05, 0.1) is 0 Å². The number of hydrogen-bond acceptors (Lipinski definition) is 2. The topological polar surface area (TPSA) is 30.0 Å². The largest absolute Gasteiger partial charge is 0.294 e. The molecule has 1 aliphatic carbocycles. The van der Waals surface area contributed by atoms with Crippen LogP contribution in [0, 0.1) is 5.41 Å². The van der Waals surface area contributed by atoms with Crippen molar-refractivity contribution in [2.24, 2.45) is 5.41 Å². The third-order valence-electron chi connectivity index (χ3n) is 6.17. The predicted molar refractivity (Wildman–Crippen MR) is 122 cm³/mol. The van der Waals surface area contributed by atoms with Gasteiger partial charge in [-0.2, -0.15) is 0 Å². The smallest absolute Gasteiger partial charge is 0.163 e. The van der Waals surface area contributed by atoms with Gasteiger partial charge in [0.2, 0.25) is 0 Å². The monoisotopic (exact) mass is 391 g/mol. The maximum absolute atomic E-state index is 13.2. The van der Waals surface area contributed by atoms with Crippen LogP contribution in [0.15, 0.2) is 42.6 Å². The van der Waals surface area contributed by atoms with Gasteiger partial charge >= 0.3 is 0 Å². The first-order chi connectivity index (χ1) is 13.5. The maximum atomic E-state index is 13.2. The molecule has 2 nitrogen and oxygen atoms in total. The minimum atomic E-state index is -0.0361. The van der Waals surface area contributed by atoms with Crippen LogP contribution in [-0.4, -0.2) is 10.8 Å². The van der Waals surface area contributed by atoms with Crippen LogP contribution in [0.5, 0.6) is 0 Å². The van der Waals surface area contributed by atoms with Crippen LogP contribution in [0.4, 0.5) is 0 Å². The minimum absolute atomic E-state index is 0.0333. The van der Waals surface area contributed by atoms with Crippen molar-refractivity contribution in [1.29, 1.82) is 0 Å². The molecule has 1 aromatic heterocycles. The summed E-state index contributed by atoms with van der Waals surface area (Å²) in [5.41, 5.74) is 5.00. The van der Waals surface area contributed by atoms with E-state index < -0.39 is 0 Å². The number of carbonyl (C=O) groups is 1. The van der Waals surface area contributed by atoms with E-state index in [1.165, 1.54) is 24.0 Å². The molecule has 0 N–H and O–H groups in total. The highest BCUT2D eigenvalue weighted by Crippen LogP contribution is 2.50. The van der Waals surface area contributed by atoms with Gasteiger partial charge in [-0.05, 0) is 72.3 Å². The van der Waals surface area contributed by atoms with E-state index in [9.17, 15) is 4.79 Å². The number of aryl methyl sites for hydroxylation is 1. The summed E-state index contributed by atoms with van der Waals surface area (Å²) in [5.74, 6) is 0.250. The molecular weight excluding hydrogens is 354 g/mol. The summed E-state index contributed by atoms with van der Waals surface area (Å²) in [7, 11) is 0. The molecule has 156 valence electrons. The van der Waals surface area contributed by atoms with Gasteiger partial charge in [0.25, 0.3) is 0 Å². The van der Waals surface area contributed by atoms with Crippen LogP contribution in [0.1, 0.15) is 101 Å². The Morgan fingerprint density at radius 3 is 2.31 bits per heavy atom. The summed E-state index contributed by atoms with van der Waals surface area (Å²) in [6.45, 7) is 13.7. The molecule has 1 fully saturated rings. The van der Waals surface area contributed by atoms with Crippen LogP contribution in [0.3, 0.4) is 0 Å². The third-order valence-corrected chi connectivity index (χ3v) is 6.17. The summed E-state index contributed by atoms with van der Waals surface area (Å²) in [4.78, 5) is 17.7. The lowest BCUT2D eigenvalue weighted by Crippen LogP contribution is -2.18. The Hall–Kier alpha value is -1.96. The molecule has 0 unspecified atom stereocenters. The third kappa shape index (κ3) is 5.56. The number of hydrogen-bond donors (Lipinski definition) is 0. The molecular formula is C27H37NO. The Morgan fingerprint density at radius 2 is 1.76 bits per heavy atom. The summed E-state index contributed by atoms with van der Waals surface area (Å²) < 4.78 is 0. The average molecular weight is 392 g/mol. The van der Waals surface area contributed by atoms with Crippen molar-refractivity contribution in [3.8, 4) is 0 Å². The highest BCUT2D eigenvalue weighted by atomic mass is 16.1. The molecule has 0 bridgehead atoms. The van der Waals surface area contributed by atoms with Crippen molar-refractivity contribution in [3.05, 3.63) is 65.0 Å². The van der Waals surface area contributed by atoms with E-state index in [2.05, 4.69) is 70.8 Å². The molecule has 0 saturated heterocycles. The summed E-state index contributed by atoms with van der Waals surface area (Å²) >= 11 is 0. The van der Waals surface area contributed by atoms with E-state index >= 15 is 0 Å². The highest BCUT2D eigenvalue weighted by molar-refractivity contribution is 5.97. The van der Waals surface area contributed by atoms with E-state index in [0.29, 0.717) is 11.8 Å². The molecule has 0 spiro atoms. The molecule has 2 heteroatoms. The molecule has 29 heavy (non-hydrogen) atoms. The number of aromatic nitrogens is 1. The van der Waals surface area contributed by atoms with Crippen molar-refractivity contribution in [1.82, 2.24) is 4.98 Å². The van der Waals surface area contributed by atoms with Gasteiger partial charge < -0.3 is 0 Å². The molecule has 2 aromatic rings. The zero-order valence-electron chi connectivity index (χ0n) is 19.1.